The first-order valence-corrected chi connectivity index (χ1v) is 6.13. The Morgan fingerprint density at radius 3 is 2.79 bits per heavy atom. The number of carboxylic acids is 1. The Bertz CT molecular complexity index is 504. The summed E-state index contributed by atoms with van der Waals surface area (Å²) in [6.45, 7) is 3.15. The van der Waals surface area contributed by atoms with Crippen molar-refractivity contribution in [1.29, 1.82) is 0 Å². The number of carbonyl (C=O) groups excluding carboxylic acids is 1. The smallest absolute Gasteiger partial charge is 0.322 e. The van der Waals surface area contributed by atoms with Crippen LogP contribution in [0.25, 0.3) is 0 Å². The first-order chi connectivity index (χ1) is 9.00. The molecule has 102 valence electrons. The SMILES string of the molecule is Cc1ccncc1C(=O)N1CCN(C)[C@H](C(=O)O)C1. The summed E-state index contributed by atoms with van der Waals surface area (Å²) in [6, 6.07) is 1.13. The highest BCUT2D eigenvalue weighted by Gasteiger charge is 2.32. The number of aryl methyl sites for hydroxylation is 1. The van der Waals surface area contributed by atoms with E-state index in [0.29, 0.717) is 18.7 Å². The van der Waals surface area contributed by atoms with Crippen LogP contribution >= 0.6 is 0 Å². The average Bonchev–Trinajstić information content (AvgIpc) is 2.38. The topological polar surface area (TPSA) is 73.7 Å². The molecule has 1 aromatic heterocycles. The maximum Gasteiger partial charge on any atom is 0.322 e. The van der Waals surface area contributed by atoms with Crippen LogP contribution in [0.3, 0.4) is 0 Å². The Balaban J connectivity index is 2.17. The van der Waals surface area contributed by atoms with E-state index in [0.717, 1.165) is 5.56 Å². The number of aromatic nitrogens is 1. The first-order valence-electron chi connectivity index (χ1n) is 6.13. The number of aliphatic carboxylic acids is 1. The molecule has 19 heavy (non-hydrogen) atoms. The summed E-state index contributed by atoms with van der Waals surface area (Å²) in [4.78, 5) is 30.8. The zero-order valence-corrected chi connectivity index (χ0v) is 11.0. The van der Waals surface area contributed by atoms with Crippen molar-refractivity contribution < 1.29 is 14.7 Å². The summed E-state index contributed by atoms with van der Waals surface area (Å²) in [5.74, 6) is -1.05. The molecule has 1 saturated heterocycles. The minimum atomic E-state index is -0.900. The summed E-state index contributed by atoms with van der Waals surface area (Å²) in [7, 11) is 1.76. The van der Waals surface area contributed by atoms with Crippen LogP contribution in [0.2, 0.25) is 0 Å². The van der Waals surface area contributed by atoms with Gasteiger partial charge in [-0.05, 0) is 25.6 Å². The number of piperazine rings is 1. The van der Waals surface area contributed by atoms with E-state index in [2.05, 4.69) is 4.98 Å². The van der Waals surface area contributed by atoms with Crippen LogP contribution in [0, 0.1) is 6.92 Å². The molecule has 0 aromatic carbocycles. The predicted octanol–water partition coefficient (Wildman–Crippen LogP) is 0.231. The lowest BCUT2D eigenvalue weighted by molar-refractivity contribution is -0.144. The van der Waals surface area contributed by atoms with Gasteiger partial charge in [0.2, 0.25) is 0 Å². The molecule has 0 saturated carbocycles. The molecule has 1 N–H and O–H groups in total. The molecule has 6 nitrogen and oxygen atoms in total. The fourth-order valence-corrected chi connectivity index (χ4v) is 2.18. The third-order valence-corrected chi connectivity index (χ3v) is 3.49. The van der Waals surface area contributed by atoms with E-state index in [1.807, 2.05) is 6.92 Å². The Morgan fingerprint density at radius 2 is 2.16 bits per heavy atom. The molecule has 0 spiro atoms. The number of amides is 1. The van der Waals surface area contributed by atoms with Gasteiger partial charge in [0, 0.05) is 32.0 Å². The molecular formula is C13H17N3O3. The molecule has 1 atom stereocenters. The Hall–Kier alpha value is -1.95. The summed E-state index contributed by atoms with van der Waals surface area (Å²) in [6.07, 6.45) is 3.17. The standard InChI is InChI=1S/C13H17N3O3/c1-9-3-4-14-7-10(9)12(17)16-6-5-15(2)11(8-16)13(18)19/h3-4,7,11H,5-6,8H2,1-2H3,(H,18,19)/t11-/m0/s1. The minimum Gasteiger partial charge on any atom is -0.480 e. The van der Waals surface area contributed by atoms with Crippen molar-refractivity contribution in [3.05, 3.63) is 29.6 Å². The van der Waals surface area contributed by atoms with E-state index >= 15 is 0 Å². The van der Waals surface area contributed by atoms with E-state index in [-0.39, 0.29) is 12.5 Å². The average molecular weight is 263 g/mol. The van der Waals surface area contributed by atoms with Crippen molar-refractivity contribution in [1.82, 2.24) is 14.8 Å². The van der Waals surface area contributed by atoms with E-state index in [4.69, 9.17) is 5.11 Å². The van der Waals surface area contributed by atoms with Crippen LogP contribution in [0.4, 0.5) is 0 Å². The molecule has 0 radical (unpaired) electrons. The molecule has 0 unspecified atom stereocenters. The van der Waals surface area contributed by atoms with Gasteiger partial charge in [0.25, 0.3) is 5.91 Å². The number of hydrogen-bond acceptors (Lipinski definition) is 4. The van der Waals surface area contributed by atoms with E-state index in [1.165, 1.54) is 6.20 Å². The summed E-state index contributed by atoms with van der Waals surface area (Å²) in [5, 5.41) is 9.14. The van der Waals surface area contributed by atoms with E-state index < -0.39 is 12.0 Å². The quantitative estimate of drug-likeness (QED) is 0.827. The minimum absolute atomic E-state index is 0.148. The lowest BCUT2D eigenvalue weighted by Crippen LogP contribution is -2.56. The number of pyridine rings is 1. The van der Waals surface area contributed by atoms with Crippen molar-refractivity contribution in [3.63, 3.8) is 0 Å². The number of hydrogen-bond donors (Lipinski definition) is 1. The molecule has 0 aliphatic carbocycles. The highest BCUT2D eigenvalue weighted by atomic mass is 16.4. The zero-order valence-electron chi connectivity index (χ0n) is 11.0. The molecule has 6 heteroatoms. The van der Waals surface area contributed by atoms with Gasteiger partial charge in [-0.25, -0.2) is 0 Å². The zero-order chi connectivity index (χ0) is 14.0. The molecule has 1 amide bonds. The second-order valence-corrected chi connectivity index (χ2v) is 4.78. The van der Waals surface area contributed by atoms with Crippen LogP contribution in [0.1, 0.15) is 15.9 Å². The third-order valence-electron chi connectivity index (χ3n) is 3.49. The predicted molar refractivity (Wildman–Crippen MR) is 68.9 cm³/mol. The molecule has 1 aliphatic heterocycles. The van der Waals surface area contributed by atoms with Crippen molar-refractivity contribution in [3.8, 4) is 0 Å². The highest BCUT2D eigenvalue weighted by molar-refractivity contribution is 5.95. The second-order valence-electron chi connectivity index (χ2n) is 4.78. The third kappa shape index (κ3) is 2.73. The first kappa shape index (κ1) is 13.5. The lowest BCUT2D eigenvalue weighted by Gasteiger charge is -2.37. The largest absolute Gasteiger partial charge is 0.480 e. The normalized spacial score (nSPS) is 20.3. The van der Waals surface area contributed by atoms with Gasteiger partial charge in [-0.15, -0.1) is 0 Å². The fraction of sp³-hybridized carbons (Fsp3) is 0.462. The molecule has 2 rings (SSSR count). The van der Waals surface area contributed by atoms with Crippen LogP contribution < -0.4 is 0 Å². The number of rotatable bonds is 2. The van der Waals surface area contributed by atoms with Crippen LogP contribution in [0.5, 0.6) is 0 Å². The monoisotopic (exact) mass is 263 g/mol. The van der Waals surface area contributed by atoms with Crippen molar-refractivity contribution >= 4 is 11.9 Å². The van der Waals surface area contributed by atoms with Gasteiger partial charge in [0.1, 0.15) is 6.04 Å². The van der Waals surface area contributed by atoms with Crippen LogP contribution in [-0.4, -0.2) is 64.5 Å². The Morgan fingerprint density at radius 1 is 1.42 bits per heavy atom. The molecule has 1 aromatic rings. The molecule has 1 aliphatic rings. The highest BCUT2D eigenvalue weighted by Crippen LogP contribution is 2.14. The van der Waals surface area contributed by atoms with Gasteiger partial charge >= 0.3 is 5.97 Å². The molecule has 0 bridgehead atoms. The Labute approximate surface area is 111 Å². The molecule has 1 fully saturated rings. The summed E-state index contributed by atoms with van der Waals surface area (Å²) in [5.41, 5.74) is 1.39. The van der Waals surface area contributed by atoms with Gasteiger partial charge in [-0.2, -0.15) is 0 Å². The van der Waals surface area contributed by atoms with Crippen LogP contribution in [-0.2, 0) is 4.79 Å². The van der Waals surface area contributed by atoms with E-state index in [9.17, 15) is 9.59 Å². The van der Waals surface area contributed by atoms with Crippen molar-refractivity contribution in [2.45, 2.75) is 13.0 Å². The van der Waals surface area contributed by atoms with Crippen LogP contribution in [0.15, 0.2) is 18.5 Å². The van der Waals surface area contributed by atoms with Gasteiger partial charge in [-0.3, -0.25) is 19.5 Å². The number of likely N-dealkylation sites (N-methyl/N-ethyl adjacent to an activating group) is 1. The maximum atomic E-state index is 12.4. The van der Waals surface area contributed by atoms with Gasteiger partial charge < -0.3 is 10.0 Å². The lowest BCUT2D eigenvalue weighted by atomic mass is 10.1. The summed E-state index contributed by atoms with van der Waals surface area (Å²) < 4.78 is 0. The number of nitrogens with zero attached hydrogens (tertiary/aromatic N) is 3. The van der Waals surface area contributed by atoms with Crippen molar-refractivity contribution in [2.24, 2.45) is 0 Å². The number of carboxylic acid groups (broad SMARTS) is 1. The van der Waals surface area contributed by atoms with E-state index in [1.54, 1.807) is 29.1 Å². The van der Waals surface area contributed by atoms with Gasteiger partial charge in [0.15, 0.2) is 0 Å². The second kappa shape index (κ2) is 5.36. The number of carbonyl (C=O) groups is 2. The van der Waals surface area contributed by atoms with Crippen molar-refractivity contribution in [2.75, 3.05) is 26.7 Å². The maximum absolute atomic E-state index is 12.4. The van der Waals surface area contributed by atoms with Gasteiger partial charge in [0.05, 0.1) is 5.56 Å². The molecule has 2 heterocycles. The Kier molecular flexibility index (Phi) is 3.80. The molecular weight excluding hydrogens is 246 g/mol. The fourth-order valence-electron chi connectivity index (χ4n) is 2.18. The van der Waals surface area contributed by atoms with Gasteiger partial charge in [-0.1, -0.05) is 0 Å². The summed E-state index contributed by atoms with van der Waals surface area (Å²) >= 11 is 0.